The number of aryl methyl sites for hydroxylation is 1. The Bertz CT molecular complexity index is 631. The molecule has 2 N–H and O–H groups in total. The first-order chi connectivity index (χ1) is 17.1. The van der Waals surface area contributed by atoms with Crippen LogP contribution in [0.1, 0.15) is 134 Å². The van der Waals surface area contributed by atoms with Crippen molar-refractivity contribution in [3.05, 3.63) is 23.8 Å². The third-order valence-electron chi connectivity index (χ3n) is 6.66. The lowest BCUT2D eigenvalue weighted by atomic mass is 10.0. The molecule has 0 unspecified atom stereocenters. The van der Waals surface area contributed by atoms with E-state index in [2.05, 4.69) is 11.7 Å². The zero-order valence-electron chi connectivity index (χ0n) is 22.4. The number of phenolic OH excluding ortho intramolecular Hbond substituents is 1. The first-order valence-corrected chi connectivity index (χ1v) is 14.4. The molecule has 35 heavy (non-hydrogen) atoms. The Morgan fingerprint density at radius 3 is 1.63 bits per heavy atom. The van der Waals surface area contributed by atoms with Crippen LogP contribution in [-0.2, 0) is 11.2 Å². The van der Waals surface area contributed by atoms with Crippen LogP contribution in [0.5, 0.6) is 11.5 Å². The number of aromatic hydroxyl groups is 1. The smallest absolute Gasteiger partial charge is 0.504 e. The van der Waals surface area contributed by atoms with Crippen LogP contribution in [0, 0.1) is 0 Å². The molecule has 202 valence electrons. The summed E-state index contributed by atoms with van der Waals surface area (Å²) in [6.07, 6.45) is 23.9. The van der Waals surface area contributed by atoms with E-state index in [1.807, 2.05) is 6.07 Å². The summed E-state index contributed by atoms with van der Waals surface area (Å²) in [7, 11) is 0. The third kappa shape index (κ3) is 18.2. The van der Waals surface area contributed by atoms with Gasteiger partial charge in [0.2, 0.25) is 0 Å². The zero-order valence-corrected chi connectivity index (χ0v) is 22.4. The second-order valence-electron chi connectivity index (χ2n) is 9.86. The number of rotatable bonds is 24. The Morgan fingerprint density at radius 1 is 0.686 bits per heavy atom. The first kappa shape index (κ1) is 31.3. The van der Waals surface area contributed by atoms with Crippen LogP contribution < -0.4 is 4.74 Å². The average molecular weight is 493 g/mol. The normalized spacial score (nSPS) is 11.1. The van der Waals surface area contributed by atoms with Gasteiger partial charge in [0.25, 0.3) is 0 Å². The van der Waals surface area contributed by atoms with Gasteiger partial charge in [-0.05, 0) is 37.3 Å². The van der Waals surface area contributed by atoms with E-state index in [1.165, 1.54) is 115 Å². The molecule has 0 aromatic heterocycles. The highest BCUT2D eigenvalue weighted by Crippen LogP contribution is 2.31. The van der Waals surface area contributed by atoms with Gasteiger partial charge < -0.3 is 19.7 Å². The highest BCUT2D eigenvalue weighted by atomic mass is 16.7. The minimum absolute atomic E-state index is 0.0151. The summed E-state index contributed by atoms with van der Waals surface area (Å²) < 4.78 is 10.4. The average Bonchev–Trinajstić information content (AvgIpc) is 2.84. The van der Waals surface area contributed by atoms with Gasteiger partial charge in [-0.25, -0.2) is 4.79 Å². The fourth-order valence-corrected chi connectivity index (χ4v) is 4.50. The lowest BCUT2D eigenvalue weighted by molar-refractivity contribution is 0.125. The lowest BCUT2D eigenvalue weighted by Gasteiger charge is -2.08. The SMILES string of the molecule is CCCCCCCCCCOCCCCCCCCCCCCCc1cccc(OC(=O)O)c1O. The van der Waals surface area contributed by atoms with Crippen molar-refractivity contribution in [2.45, 2.75) is 135 Å². The van der Waals surface area contributed by atoms with E-state index in [9.17, 15) is 9.90 Å². The van der Waals surface area contributed by atoms with Crippen LogP contribution in [-0.4, -0.2) is 29.6 Å². The molecular weight excluding hydrogens is 440 g/mol. The van der Waals surface area contributed by atoms with Gasteiger partial charge in [-0.15, -0.1) is 0 Å². The maximum Gasteiger partial charge on any atom is 0.511 e. The number of ether oxygens (including phenoxy) is 2. The van der Waals surface area contributed by atoms with Gasteiger partial charge in [0.05, 0.1) is 0 Å². The molecule has 0 bridgehead atoms. The summed E-state index contributed by atoms with van der Waals surface area (Å²) in [6, 6.07) is 5.02. The molecule has 1 aromatic rings. The number of para-hydroxylation sites is 1. The predicted molar refractivity (Wildman–Crippen MR) is 145 cm³/mol. The van der Waals surface area contributed by atoms with Crippen LogP contribution >= 0.6 is 0 Å². The maximum atomic E-state index is 10.7. The monoisotopic (exact) mass is 492 g/mol. The maximum absolute atomic E-state index is 10.7. The Labute approximate surface area is 214 Å². The molecule has 0 spiro atoms. The van der Waals surface area contributed by atoms with Gasteiger partial charge in [0.1, 0.15) is 0 Å². The van der Waals surface area contributed by atoms with Crippen LogP contribution in [0.25, 0.3) is 0 Å². The molecule has 0 amide bonds. The van der Waals surface area contributed by atoms with E-state index in [0.717, 1.165) is 38.0 Å². The molecular formula is C30H52O5. The molecule has 0 fully saturated rings. The quantitative estimate of drug-likeness (QED) is 0.0853. The minimum atomic E-state index is -1.41. The van der Waals surface area contributed by atoms with Crippen molar-refractivity contribution in [1.29, 1.82) is 0 Å². The second-order valence-corrected chi connectivity index (χ2v) is 9.86. The van der Waals surface area contributed by atoms with Crippen molar-refractivity contribution in [2.24, 2.45) is 0 Å². The molecule has 0 aliphatic rings. The summed E-state index contributed by atoms with van der Waals surface area (Å²) >= 11 is 0. The summed E-state index contributed by atoms with van der Waals surface area (Å²) in [5, 5.41) is 18.8. The van der Waals surface area contributed by atoms with Gasteiger partial charge in [0.15, 0.2) is 11.5 Å². The Morgan fingerprint density at radius 2 is 1.14 bits per heavy atom. The highest BCUT2D eigenvalue weighted by Gasteiger charge is 2.10. The number of phenols is 1. The number of benzene rings is 1. The van der Waals surface area contributed by atoms with Crippen molar-refractivity contribution < 1.29 is 24.5 Å². The van der Waals surface area contributed by atoms with E-state index < -0.39 is 6.16 Å². The standard InChI is InChI=1S/C30H52O5/c1-2-3-4-5-6-13-16-19-25-34-26-20-17-14-11-9-7-8-10-12-15-18-22-27-23-21-24-28(29(27)31)35-30(32)33/h21,23-24,31H,2-20,22,25-26H2,1H3,(H,32,33). The first-order valence-electron chi connectivity index (χ1n) is 14.4. The fourth-order valence-electron chi connectivity index (χ4n) is 4.50. The summed E-state index contributed by atoms with van der Waals surface area (Å²) in [5.74, 6) is -0.0358. The molecule has 0 radical (unpaired) electrons. The highest BCUT2D eigenvalue weighted by molar-refractivity contribution is 5.63. The third-order valence-corrected chi connectivity index (χ3v) is 6.66. The predicted octanol–water partition coefficient (Wildman–Crippen LogP) is 9.44. The Balaban J connectivity index is 1.81. The van der Waals surface area contributed by atoms with E-state index in [1.54, 1.807) is 6.07 Å². The van der Waals surface area contributed by atoms with Crippen molar-refractivity contribution >= 4 is 6.16 Å². The minimum Gasteiger partial charge on any atom is -0.504 e. The number of carbonyl (C=O) groups is 1. The van der Waals surface area contributed by atoms with Gasteiger partial charge in [-0.2, -0.15) is 0 Å². The molecule has 0 saturated heterocycles. The van der Waals surface area contributed by atoms with Gasteiger partial charge in [0, 0.05) is 13.2 Å². The number of unbranched alkanes of at least 4 members (excludes halogenated alkanes) is 17. The van der Waals surface area contributed by atoms with E-state index in [4.69, 9.17) is 9.84 Å². The summed E-state index contributed by atoms with van der Waals surface area (Å²) in [6.45, 7) is 4.15. The van der Waals surface area contributed by atoms with Gasteiger partial charge in [-0.1, -0.05) is 122 Å². The number of carboxylic acid groups (broad SMARTS) is 1. The molecule has 5 heteroatoms. The molecule has 0 heterocycles. The molecule has 0 atom stereocenters. The number of hydrogen-bond donors (Lipinski definition) is 2. The van der Waals surface area contributed by atoms with Crippen molar-refractivity contribution in [3.63, 3.8) is 0 Å². The Hall–Kier alpha value is -1.75. The summed E-state index contributed by atoms with van der Waals surface area (Å²) in [4.78, 5) is 10.7. The van der Waals surface area contributed by atoms with Crippen LogP contribution in [0.3, 0.4) is 0 Å². The molecule has 0 aliphatic carbocycles. The van der Waals surface area contributed by atoms with Gasteiger partial charge in [-0.3, -0.25) is 0 Å². The fraction of sp³-hybridized carbons (Fsp3) is 0.767. The van der Waals surface area contributed by atoms with Crippen LogP contribution in [0.4, 0.5) is 4.79 Å². The van der Waals surface area contributed by atoms with Crippen LogP contribution in [0.15, 0.2) is 18.2 Å². The molecule has 0 aliphatic heterocycles. The lowest BCUT2D eigenvalue weighted by Crippen LogP contribution is -2.03. The summed E-state index contributed by atoms with van der Waals surface area (Å²) in [5.41, 5.74) is 0.752. The topological polar surface area (TPSA) is 76.0 Å². The largest absolute Gasteiger partial charge is 0.511 e. The van der Waals surface area contributed by atoms with E-state index in [0.29, 0.717) is 0 Å². The molecule has 0 saturated carbocycles. The molecule has 1 aromatic carbocycles. The van der Waals surface area contributed by atoms with E-state index >= 15 is 0 Å². The van der Waals surface area contributed by atoms with Crippen molar-refractivity contribution in [3.8, 4) is 11.5 Å². The van der Waals surface area contributed by atoms with Crippen molar-refractivity contribution in [1.82, 2.24) is 0 Å². The Kier molecular flexibility index (Phi) is 20.3. The van der Waals surface area contributed by atoms with Crippen molar-refractivity contribution in [2.75, 3.05) is 13.2 Å². The van der Waals surface area contributed by atoms with E-state index in [-0.39, 0.29) is 11.5 Å². The number of hydrogen-bond acceptors (Lipinski definition) is 4. The zero-order chi connectivity index (χ0) is 25.4. The van der Waals surface area contributed by atoms with Gasteiger partial charge >= 0.3 is 6.16 Å². The molecule has 5 nitrogen and oxygen atoms in total. The molecule has 1 rings (SSSR count). The van der Waals surface area contributed by atoms with Crippen LogP contribution in [0.2, 0.25) is 0 Å². The second kappa shape index (κ2) is 22.7.